The lowest BCUT2D eigenvalue weighted by Crippen LogP contribution is -2.43. The first kappa shape index (κ1) is 18.2. The number of aromatic nitrogens is 6. The van der Waals surface area contributed by atoms with Gasteiger partial charge < -0.3 is 4.90 Å². The van der Waals surface area contributed by atoms with Gasteiger partial charge in [-0.15, -0.1) is 5.10 Å². The van der Waals surface area contributed by atoms with Crippen molar-refractivity contribution in [3.63, 3.8) is 0 Å². The quantitative estimate of drug-likeness (QED) is 0.520. The highest BCUT2D eigenvalue weighted by Gasteiger charge is 2.26. The van der Waals surface area contributed by atoms with Gasteiger partial charge in [0.2, 0.25) is 0 Å². The van der Waals surface area contributed by atoms with E-state index >= 15 is 0 Å². The summed E-state index contributed by atoms with van der Waals surface area (Å²) < 4.78 is 3.18. The highest BCUT2D eigenvalue weighted by molar-refractivity contribution is 5.94. The summed E-state index contributed by atoms with van der Waals surface area (Å²) in [6.07, 6.45) is 4.73. The molecule has 9 heteroatoms. The molecule has 1 amide bonds. The zero-order valence-electron chi connectivity index (χ0n) is 16.1. The van der Waals surface area contributed by atoms with Crippen LogP contribution in [0.25, 0.3) is 16.6 Å². The number of para-hydroxylation sites is 1. The number of fused-ring (bicyclic) bond motifs is 1. The molecule has 3 heterocycles. The summed E-state index contributed by atoms with van der Waals surface area (Å²) in [7, 11) is 0. The van der Waals surface area contributed by atoms with Crippen molar-refractivity contribution in [1.29, 1.82) is 0 Å². The van der Waals surface area contributed by atoms with Crippen LogP contribution < -0.4 is 5.56 Å². The Labute approximate surface area is 171 Å². The molecule has 2 aromatic carbocycles. The summed E-state index contributed by atoms with van der Waals surface area (Å²) in [5.74, 6) is -0.0728. The number of amides is 1. The summed E-state index contributed by atoms with van der Waals surface area (Å²) in [6.45, 7) is 1.12. The lowest BCUT2D eigenvalue weighted by atomic mass is 10.0. The van der Waals surface area contributed by atoms with Gasteiger partial charge in [-0.25, -0.2) is 9.67 Å². The Hall–Kier alpha value is -3.88. The third-order valence-corrected chi connectivity index (χ3v) is 5.47. The second-order valence-electron chi connectivity index (χ2n) is 7.33. The summed E-state index contributed by atoms with van der Waals surface area (Å²) in [5.41, 5.74) is 1.89. The molecule has 1 fully saturated rings. The van der Waals surface area contributed by atoms with Gasteiger partial charge >= 0.3 is 0 Å². The Balaban J connectivity index is 1.41. The van der Waals surface area contributed by atoms with Gasteiger partial charge in [0.1, 0.15) is 6.33 Å². The number of hydrogen-bond donors (Lipinski definition) is 0. The molecule has 9 nitrogen and oxygen atoms in total. The fourth-order valence-corrected chi connectivity index (χ4v) is 3.95. The van der Waals surface area contributed by atoms with Gasteiger partial charge in [0.25, 0.3) is 11.5 Å². The van der Waals surface area contributed by atoms with Crippen molar-refractivity contribution in [2.45, 2.75) is 18.9 Å². The van der Waals surface area contributed by atoms with E-state index in [1.165, 1.54) is 11.0 Å². The van der Waals surface area contributed by atoms with Crippen molar-refractivity contribution in [2.24, 2.45) is 0 Å². The van der Waals surface area contributed by atoms with Crippen LogP contribution in [-0.4, -0.2) is 53.7 Å². The second kappa shape index (κ2) is 7.51. The first-order chi connectivity index (χ1) is 14.7. The van der Waals surface area contributed by atoms with E-state index in [-0.39, 0.29) is 17.5 Å². The van der Waals surface area contributed by atoms with Crippen molar-refractivity contribution < 1.29 is 4.79 Å². The number of carbonyl (C=O) groups is 1. The predicted octanol–water partition coefficient (Wildman–Crippen LogP) is 1.85. The van der Waals surface area contributed by atoms with Crippen LogP contribution in [-0.2, 0) is 0 Å². The molecule has 0 saturated carbocycles. The minimum atomic E-state index is -0.102. The van der Waals surface area contributed by atoms with Gasteiger partial charge in [-0.2, -0.15) is 0 Å². The summed E-state index contributed by atoms with van der Waals surface area (Å²) in [6, 6.07) is 14.4. The third-order valence-electron chi connectivity index (χ3n) is 5.47. The van der Waals surface area contributed by atoms with E-state index in [2.05, 4.69) is 20.5 Å². The van der Waals surface area contributed by atoms with E-state index in [1.54, 1.807) is 34.0 Å². The maximum atomic E-state index is 13.2. The zero-order chi connectivity index (χ0) is 20.5. The monoisotopic (exact) mass is 401 g/mol. The van der Waals surface area contributed by atoms with Crippen LogP contribution >= 0.6 is 0 Å². The van der Waals surface area contributed by atoms with E-state index < -0.39 is 0 Å². The lowest BCUT2D eigenvalue weighted by molar-refractivity contribution is 0.0677. The number of benzene rings is 2. The van der Waals surface area contributed by atoms with E-state index in [9.17, 15) is 9.59 Å². The zero-order valence-corrected chi connectivity index (χ0v) is 16.1. The molecule has 5 rings (SSSR count). The largest absolute Gasteiger partial charge is 0.337 e. The minimum absolute atomic E-state index is 0.0689. The van der Waals surface area contributed by atoms with Gasteiger partial charge in [-0.05, 0) is 53.6 Å². The highest BCUT2D eigenvalue weighted by Crippen LogP contribution is 2.23. The second-order valence-corrected chi connectivity index (χ2v) is 7.33. The SMILES string of the molecule is O=C(c1cccc(-n2cnnn2)c1)N1CCC[C@@H](n2cnc3ccccc3c2=O)C1. The van der Waals surface area contributed by atoms with Crippen LogP contribution in [0, 0.1) is 0 Å². The topological polar surface area (TPSA) is 98.8 Å². The average molecular weight is 401 g/mol. The Morgan fingerprint density at radius 2 is 1.97 bits per heavy atom. The molecule has 30 heavy (non-hydrogen) atoms. The molecule has 2 aromatic heterocycles. The predicted molar refractivity (Wildman–Crippen MR) is 109 cm³/mol. The summed E-state index contributed by atoms with van der Waals surface area (Å²) in [4.78, 5) is 32.3. The maximum absolute atomic E-state index is 13.2. The number of nitrogens with zero attached hydrogens (tertiary/aromatic N) is 7. The van der Waals surface area contributed by atoms with Gasteiger partial charge in [-0.3, -0.25) is 14.2 Å². The van der Waals surface area contributed by atoms with Crippen molar-refractivity contribution >= 4 is 16.8 Å². The Morgan fingerprint density at radius 3 is 2.83 bits per heavy atom. The summed E-state index contributed by atoms with van der Waals surface area (Å²) >= 11 is 0. The van der Waals surface area contributed by atoms with Gasteiger partial charge in [-0.1, -0.05) is 18.2 Å². The molecule has 0 spiro atoms. The van der Waals surface area contributed by atoms with Gasteiger partial charge in [0.15, 0.2) is 0 Å². The number of likely N-dealkylation sites (tertiary alicyclic amines) is 1. The van der Waals surface area contributed by atoms with E-state index in [4.69, 9.17) is 0 Å². The Bertz CT molecular complexity index is 1270. The van der Waals surface area contributed by atoms with Crippen LogP contribution in [0.3, 0.4) is 0 Å². The Morgan fingerprint density at radius 1 is 1.07 bits per heavy atom. The maximum Gasteiger partial charge on any atom is 0.261 e. The van der Waals surface area contributed by atoms with E-state index in [0.717, 1.165) is 12.8 Å². The lowest BCUT2D eigenvalue weighted by Gasteiger charge is -2.33. The molecule has 0 bridgehead atoms. The van der Waals surface area contributed by atoms with Crippen LogP contribution in [0.4, 0.5) is 0 Å². The van der Waals surface area contributed by atoms with Crippen molar-refractivity contribution in [2.75, 3.05) is 13.1 Å². The van der Waals surface area contributed by atoms with Crippen LogP contribution in [0.2, 0.25) is 0 Å². The molecular weight excluding hydrogens is 382 g/mol. The Kier molecular flexibility index (Phi) is 4.55. The van der Waals surface area contributed by atoms with E-state index in [0.29, 0.717) is 35.2 Å². The number of piperidine rings is 1. The standard InChI is InChI=1S/C21H19N7O2/c29-20(15-5-3-6-16(11-15)28-14-23-24-25-28)26-10-4-7-17(12-26)27-13-22-19-9-2-1-8-18(19)21(27)30/h1-3,5-6,8-9,11,13-14,17H,4,7,10,12H2/t17-/m1/s1. The molecule has 1 aliphatic rings. The van der Waals surface area contributed by atoms with Crippen LogP contribution in [0.5, 0.6) is 0 Å². The molecule has 0 N–H and O–H groups in total. The molecule has 0 aliphatic carbocycles. The molecule has 0 unspecified atom stereocenters. The molecule has 0 radical (unpaired) electrons. The fraction of sp³-hybridized carbons (Fsp3) is 0.238. The summed E-state index contributed by atoms with van der Waals surface area (Å²) in [5, 5.41) is 11.7. The smallest absolute Gasteiger partial charge is 0.261 e. The van der Waals surface area contributed by atoms with Crippen LogP contribution in [0.1, 0.15) is 29.2 Å². The van der Waals surface area contributed by atoms with Gasteiger partial charge in [0, 0.05) is 18.7 Å². The normalized spacial score (nSPS) is 16.7. The highest BCUT2D eigenvalue weighted by atomic mass is 16.2. The average Bonchev–Trinajstić information content (AvgIpc) is 3.34. The number of tetrazole rings is 1. The molecule has 1 saturated heterocycles. The minimum Gasteiger partial charge on any atom is -0.337 e. The molecule has 1 aliphatic heterocycles. The van der Waals surface area contributed by atoms with E-state index in [1.807, 2.05) is 30.3 Å². The van der Waals surface area contributed by atoms with Gasteiger partial charge in [0.05, 0.1) is 29.0 Å². The molecule has 150 valence electrons. The van der Waals surface area contributed by atoms with Crippen molar-refractivity contribution in [3.8, 4) is 5.69 Å². The fourth-order valence-electron chi connectivity index (χ4n) is 3.95. The number of carbonyl (C=O) groups excluding carboxylic acids is 1. The van der Waals surface area contributed by atoms with Crippen LogP contribution in [0.15, 0.2) is 66.0 Å². The first-order valence-electron chi connectivity index (χ1n) is 9.79. The molecular formula is C21H19N7O2. The van der Waals surface area contributed by atoms with Crippen molar-refractivity contribution in [1.82, 2.24) is 34.7 Å². The number of rotatable bonds is 3. The van der Waals surface area contributed by atoms with Crippen molar-refractivity contribution in [3.05, 3.63) is 77.1 Å². The first-order valence-corrected chi connectivity index (χ1v) is 9.79. The molecule has 4 aromatic rings. The number of hydrogen-bond acceptors (Lipinski definition) is 6. The molecule has 1 atom stereocenters. The third kappa shape index (κ3) is 3.24.